The van der Waals surface area contributed by atoms with Crippen LogP contribution in [-0.4, -0.2) is 42.0 Å². The van der Waals surface area contributed by atoms with E-state index in [0.717, 1.165) is 38.9 Å². The number of primary amides is 1. The van der Waals surface area contributed by atoms with Gasteiger partial charge in [0.2, 0.25) is 5.91 Å². The second-order valence-electron chi connectivity index (χ2n) is 5.78. The van der Waals surface area contributed by atoms with Crippen LogP contribution in [0.15, 0.2) is 0 Å². The first-order chi connectivity index (χ1) is 8.46. The van der Waals surface area contributed by atoms with Crippen molar-refractivity contribution in [2.75, 3.05) is 19.6 Å². The topological polar surface area (TPSA) is 58.4 Å². The molecule has 0 aliphatic heterocycles. The Morgan fingerprint density at radius 2 is 2.06 bits per heavy atom. The standard InChI is InChI=1S/C14H29N3O/c1-5-9-17(6-2)10-14(13(15)18,12-7-8-12)16-11(3)4/h11-12,16H,5-10H2,1-4H3,(H2,15,18). The summed E-state index contributed by atoms with van der Waals surface area (Å²) in [4.78, 5) is 14.4. The third-order valence-corrected chi connectivity index (χ3v) is 3.72. The van der Waals surface area contributed by atoms with Gasteiger partial charge in [0.1, 0.15) is 5.54 Å². The molecular weight excluding hydrogens is 226 g/mol. The van der Waals surface area contributed by atoms with Crippen molar-refractivity contribution < 1.29 is 4.79 Å². The summed E-state index contributed by atoms with van der Waals surface area (Å²) in [5, 5.41) is 3.46. The quantitative estimate of drug-likeness (QED) is 0.654. The zero-order chi connectivity index (χ0) is 13.8. The summed E-state index contributed by atoms with van der Waals surface area (Å²) in [6, 6.07) is 0.276. The maximum atomic E-state index is 12.0. The number of hydrogen-bond donors (Lipinski definition) is 2. The summed E-state index contributed by atoms with van der Waals surface area (Å²) in [5.41, 5.74) is 5.20. The lowest BCUT2D eigenvalue weighted by Crippen LogP contribution is -2.64. The minimum atomic E-state index is -0.528. The van der Waals surface area contributed by atoms with Crippen LogP contribution in [0.3, 0.4) is 0 Å². The van der Waals surface area contributed by atoms with Crippen LogP contribution in [0.25, 0.3) is 0 Å². The summed E-state index contributed by atoms with van der Waals surface area (Å²) in [6.45, 7) is 11.2. The molecule has 0 aromatic heterocycles. The van der Waals surface area contributed by atoms with Crippen molar-refractivity contribution in [2.24, 2.45) is 11.7 Å². The first-order valence-electron chi connectivity index (χ1n) is 7.26. The van der Waals surface area contributed by atoms with Gasteiger partial charge in [-0.1, -0.05) is 13.8 Å². The van der Waals surface area contributed by atoms with Crippen molar-refractivity contribution in [3.63, 3.8) is 0 Å². The van der Waals surface area contributed by atoms with Crippen molar-refractivity contribution in [3.8, 4) is 0 Å². The molecule has 0 spiro atoms. The average Bonchev–Trinajstić information content (AvgIpc) is 3.10. The Kier molecular flexibility index (Phi) is 5.60. The second-order valence-corrected chi connectivity index (χ2v) is 5.78. The second kappa shape index (κ2) is 6.53. The lowest BCUT2D eigenvalue weighted by Gasteiger charge is -2.38. The van der Waals surface area contributed by atoms with Crippen LogP contribution < -0.4 is 11.1 Å². The fraction of sp³-hybridized carbons (Fsp3) is 0.929. The normalized spacial score (nSPS) is 19.2. The molecule has 18 heavy (non-hydrogen) atoms. The SMILES string of the molecule is CCCN(CC)CC(NC(C)C)(C(N)=O)C1CC1. The maximum Gasteiger partial charge on any atom is 0.239 e. The minimum Gasteiger partial charge on any atom is -0.368 e. The van der Waals surface area contributed by atoms with Gasteiger partial charge in [0.05, 0.1) is 0 Å². The predicted molar refractivity (Wildman–Crippen MR) is 75.3 cm³/mol. The van der Waals surface area contributed by atoms with Gasteiger partial charge >= 0.3 is 0 Å². The number of hydrogen-bond acceptors (Lipinski definition) is 3. The lowest BCUT2D eigenvalue weighted by molar-refractivity contribution is -0.126. The summed E-state index contributed by atoms with van der Waals surface area (Å²) in [7, 11) is 0. The highest BCUT2D eigenvalue weighted by Crippen LogP contribution is 2.40. The van der Waals surface area contributed by atoms with E-state index < -0.39 is 5.54 Å². The molecule has 1 aliphatic carbocycles. The molecule has 4 heteroatoms. The van der Waals surface area contributed by atoms with Crippen molar-refractivity contribution in [3.05, 3.63) is 0 Å². The van der Waals surface area contributed by atoms with Gasteiger partial charge in [0.15, 0.2) is 0 Å². The Morgan fingerprint density at radius 3 is 2.39 bits per heavy atom. The Bertz CT molecular complexity index is 276. The number of amides is 1. The summed E-state index contributed by atoms with van der Waals surface area (Å²) < 4.78 is 0. The monoisotopic (exact) mass is 255 g/mol. The highest BCUT2D eigenvalue weighted by Gasteiger charge is 2.50. The zero-order valence-corrected chi connectivity index (χ0v) is 12.3. The van der Waals surface area contributed by atoms with Gasteiger partial charge in [-0.2, -0.15) is 0 Å². The fourth-order valence-electron chi connectivity index (χ4n) is 2.75. The van der Waals surface area contributed by atoms with Crippen LogP contribution >= 0.6 is 0 Å². The number of carbonyl (C=O) groups excluding carboxylic acids is 1. The lowest BCUT2D eigenvalue weighted by atomic mass is 9.90. The van der Waals surface area contributed by atoms with Crippen LogP contribution in [0, 0.1) is 5.92 Å². The molecule has 4 nitrogen and oxygen atoms in total. The van der Waals surface area contributed by atoms with Crippen LogP contribution in [0.1, 0.15) is 47.0 Å². The average molecular weight is 255 g/mol. The van der Waals surface area contributed by atoms with Crippen molar-refractivity contribution in [1.29, 1.82) is 0 Å². The van der Waals surface area contributed by atoms with Crippen LogP contribution in [-0.2, 0) is 4.79 Å². The molecule has 0 aromatic carbocycles. The molecule has 1 atom stereocenters. The van der Waals surface area contributed by atoms with E-state index in [1.54, 1.807) is 0 Å². The molecule has 1 rings (SSSR count). The number of nitrogens with two attached hydrogens (primary N) is 1. The molecule has 1 fully saturated rings. The van der Waals surface area contributed by atoms with E-state index in [4.69, 9.17) is 5.73 Å². The van der Waals surface area contributed by atoms with Gasteiger partial charge in [-0.15, -0.1) is 0 Å². The largest absolute Gasteiger partial charge is 0.368 e. The Balaban J connectivity index is 2.83. The van der Waals surface area contributed by atoms with Gasteiger partial charge in [-0.3, -0.25) is 10.1 Å². The molecule has 1 saturated carbocycles. The number of rotatable bonds is 9. The van der Waals surface area contributed by atoms with E-state index in [2.05, 4.69) is 37.9 Å². The Hall–Kier alpha value is -0.610. The van der Waals surface area contributed by atoms with E-state index in [9.17, 15) is 4.79 Å². The highest BCUT2D eigenvalue weighted by atomic mass is 16.1. The molecule has 1 unspecified atom stereocenters. The number of nitrogens with zero attached hydrogens (tertiary/aromatic N) is 1. The molecule has 0 aromatic rings. The van der Waals surface area contributed by atoms with Crippen molar-refractivity contribution in [1.82, 2.24) is 10.2 Å². The van der Waals surface area contributed by atoms with E-state index in [1.807, 2.05) is 0 Å². The molecule has 3 N–H and O–H groups in total. The summed E-state index contributed by atoms with van der Waals surface area (Å²) in [5.74, 6) is 0.233. The smallest absolute Gasteiger partial charge is 0.239 e. The molecule has 106 valence electrons. The minimum absolute atomic E-state index is 0.187. The highest BCUT2D eigenvalue weighted by molar-refractivity contribution is 5.86. The molecule has 0 saturated heterocycles. The van der Waals surface area contributed by atoms with Gasteiger partial charge in [-0.25, -0.2) is 0 Å². The molecular formula is C14H29N3O. The predicted octanol–water partition coefficient (Wildman–Crippen LogP) is 1.35. The van der Waals surface area contributed by atoms with Crippen LogP contribution in [0.2, 0.25) is 0 Å². The summed E-state index contributed by atoms with van der Waals surface area (Å²) in [6.07, 6.45) is 3.34. The molecule has 1 aliphatic rings. The molecule has 0 radical (unpaired) electrons. The van der Waals surface area contributed by atoms with E-state index in [1.165, 1.54) is 0 Å². The number of likely N-dealkylation sites (N-methyl/N-ethyl adjacent to an activating group) is 1. The van der Waals surface area contributed by atoms with Gasteiger partial charge in [0, 0.05) is 12.6 Å². The van der Waals surface area contributed by atoms with E-state index in [0.29, 0.717) is 5.92 Å². The number of nitrogens with one attached hydrogen (secondary N) is 1. The van der Waals surface area contributed by atoms with Crippen molar-refractivity contribution >= 4 is 5.91 Å². The third kappa shape index (κ3) is 3.69. The Labute approximate surface area is 111 Å². The zero-order valence-electron chi connectivity index (χ0n) is 12.3. The van der Waals surface area contributed by atoms with Gasteiger partial charge < -0.3 is 10.6 Å². The van der Waals surface area contributed by atoms with E-state index in [-0.39, 0.29) is 11.9 Å². The molecule has 0 bridgehead atoms. The Morgan fingerprint density at radius 1 is 1.44 bits per heavy atom. The maximum absolute atomic E-state index is 12.0. The van der Waals surface area contributed by atoms with Gasteiger partial charge in [0.25, 0.3) is 0 Å². The molecule has 0 heterocycles. The third-order valence-electron chi connectivity index (χ3n) is 3.72. The summed E-state index contributed by atoms with van der Waals surface area (Å²) >= 11 is 0. The van der Waals surface area contributed by atoms with Crippen molar-refractivity contribution in [2.45, 2.75) is 58.5 Å². The van der Waals surface area contributed by atoms with Crippen LogP contribution in [0.5, 0.6) is 0 Å². The van der Waals surface area contributed by atoms with Crippen LogP contribution in [0.4, 0.5) is 0 Å². The first-order valence-corrected chi connectivity index (χ1v) is 7.26. The van der Waals surface area contributed by atoms with E-state index >= 15 is 0 Å². The number of carbonyl (C=O) groups is 1. The fourth-order valence-corrected chi connectivity index (χ4v) is 2.75. The molecule has 1 amide bonds. The van der Waals surface area contributed by atoms with Gasteiger partial charge in [-0.05, 0) is 52.1 Å². The first kappa shape index (κ1) is 15.4.